The van der Waals surface area contributed by atoms with E-state index >= 15 is 0 Å². The lowest BCUT2D eigenvalue weighted by atomic mass is 10.2. The summed E-state index contributed by atoms with van der Waals surface area (Å²) in [5.74, 6) is -0.485. The highest BCUT2D eigenvalue weighted by atomic mass is 16.2. The molecule has 1 amide bonds. The first kappa shape index (κ1) is 14.6. The van der Waals surface area contributed by atoms with E-state index in [1.807, 2.05) is 0 Å². The Labute approximate surface area is 120 Å². The fourth-order valence-corrected chi connectivity index (χ4v) is 1.89. The van der Waals surface area contributed by atoms with Gasteiger partial charge in [-0.3, -0.25) is 14.2 Å². The fraction of sp³-hybridized carbons (Fsp3) is 0.214. The average molecular weight is 288 g/mol. The van der Waals surface area contributed by atoms with Gasteiger partial charge in [0.1, 0.15) is 6.54 Å². The zero-order valence-corrected chi connectivity index (χ0v) is 11.6. The van der Waals surface area contributed by atoms with Crippen molar-refractivity contribution in [2.24, 2.45) is 0 Å². The maximum absolute atomic E-state index is 12.0. The molecule has 21 heavy (non-hydrogen) atoms. The van der Waals surface area contributed by atoms with Crippen LogP contribution in [0.1, 0.15) is 6.92 Å². The second kappa shape index (κ2) is 6.08. The van der Waals surface area contributed by atoms with Crippen LogP contribution in [0.25, 0.3) is 0 Å². The summed E-state index contributed by atoms with van der Waals surface area (Å²) >= 11 is 0. The third-order valence-electron chi connectivity index (χ3n) is 3.02. The quantitative estimate of drug-likeness (QED) is 0.788. The second-order valence-corrected chi connectivity index (χ2v) is 4.44. The van der Waals surface area contributed by atoms with Gasteiger partial charge in [-0.1, -0.05) is 12.1 Å². The van der Waals surface area contributed by atoms with Crippen LogP contribution in [0.2, 0.25) is 0 Å². The first-order valence-corrected chi connectivity index (χ1v) is 6.47. The molecule has 2 aromatic rings. The normalized spacial score (nSPS) is 10.3. The number of aromatic nitrogens is 2. The molecule has 0 aliphatic heterocycles. The molecular formula is C14H16N4O3. The molecule has 0 aliphatic rings. The molecule has 0 atom stereocenters. The lowest BCUT2D eigenvalue weighted by Crippen LogP contribution is -2.41. The molecule has 110 valence electrons. The van der Waals surface area contributed by atoms with E-state index in [0.29, 0.717) is 17.9 Å². The van der Waals surface area contributed by atoms with Crippen LogP contribution in [0.3, 0.4) is 0 Å². The van der Waals surface area contributed by atoms with E-state index in [0.717, 1.165) is 4.57 Å². The van der Waals surface area contributed by atoms with Crippen molar-refractivity contribution in [3.63, 3.8) is 0 Å². The van der Waals surface area contributed by atoms with Gasteiger partial charge in [0, 0.05) is 18.8 Å². The summed E-state index contributed by atoms with van der Waals surface area (Å²) in [5, 5.41) is 2.58. The molecule has 3 N–H and O–H groups in total. The van der Waals surface area contributed by atoms with Crippen LogP contribution in [0.15, 0.2) is 46.1 Å². The van der Waals surface area contributed by atoms with Gasteiger partial charge < -0.3 is 15.6 Å². The summed E-state index contributed by atoms with van der Waals surface area (Å²) in [7, 11) is 0. The van der Waals surface area contributed by atoms with Gasteiger partial charge in [0.25, 0.3) is 5.56 Å². The van der Waals surface area contributed by atoms with Crippen LogP contribution >= 0.6 is 0 Å². The molecule has 1 aromatic heterocycles. The maximum atomic E-state index is 12.0. The number of nitrogens with zero attached hydrogens (tertiary/aromatic N) is 2. The summed E-state index contributed by atoms with van der Waals surface area (Å²) < 4.78 is 2.24. The van der Waals surface area contributed by atoms with Gasteiger partial charge in [-0.15, -0.1) is 0 Å². The minimum Gasteiger partial charge on any atom is -0.397 e. The number of carbonyl (C=O) groups is 1. The smallest absolute Gasteiger partial charge is 0.331 e. The zero-order chi connectivity index (χ0) is 15.4. The molecule has 7 heteroatoms. The first-order valence-electron chi connectivity index (χ1n) is 6.47. The van der Waals surface area contributed by atoms with E-state index in [1.165, 1.54) is 16.8 Å². The molecule has 1 heterocycles. The van der Waals surface area contributed by atoms with E-state index in [4.69, 9.17) is 5.73 Å². The van der Waals surface area contributed by atoms with Crippen molar-refractivity contribution >= 4 is 17.3 Å². The lowest BCUT2D eigenvalue weighted by molar-refractivity contribution is -0.116. The summed E-state index contributed by atoms with van der Waals surface area (Å²) in [4.78, 5) is 35.7. The fourth-order valence-electron chi connectivity index (χ4n) is 1.89. The Morgan fingerprint density at radius 3 is 2.62 bits per heavy atom. The Morgan fingerprint density at radius 1 is 1.24 bits per heavy atom. The number of hydrogen-bond donors (Lipinski definition) is 2. The van der Waals surface area contributed by atoms with Gasteiger partial charge in [-0.25, -0.2) is 4.79 Å². The third kappa shape index (κ3) is 3.19. The monoisotopic (exact) mass is 288 g/mol. The number of para-hydroxylation sites is 2. The summed E-state index contributed by atoms with van der Waals surface area (Å²) in [6.45, 7) is 1.85. The topological polar surface area (TPSA) is 99.1 Å². The number of nitrogens with two attached hydrogens (primary N) is 1. The molecule has 1 aromatic carbocycles. The Hall–Kier alpha value is -2.83. The molecule has 0 bridgehead atoms. The molecule has 7 nitrogen and oxygen atoms in total. The number of carbonyl (C=O) groups excluding carboxylic acids is 1. The molecule has 2 rings (SSSR count). The third-order valence-corrected chi connectivity index (χ3v) is 3.02. The highest BCUT2D eigenvalue weighted by Gasteiger charge is 2.10. The van der Waals surface area contributed by atoms with Crippen molar-refractivity contribution in [2.75, 3.05) is 11.1 Å². The molecule has 0 aliphatic carbocycles. The highest BCUT2D eigenvalue weighted by molar-refractivity contribution is 5.93. The molecule has 0 saturated carbocycles. The van der Waals surface area contributed by atoms with Crippen molar-refractivity contribution in [1.82, 2.24) is 9.13 Å². The van der Waals surface area contributed by atoms with Gasteiger partial charge in [-0.2, -0.15) is 0 Å². The Balaban J connectivity index is 2.23. The number of nitrogens with one attached hydrogen (secondary N) is 1. The van der Waals surface area contributed by atoms with Gasteiger partial charge >= 0.3 is 5.69 Å². The van der Waals surface area contributed by atoms with Gasteiger partial charge in [0.15, 0.2) is 0 Å². The number of hydrogen-bond acceptors (Lipinski definition) is 4. The Kier molecular flexibility index (Phi) is 4.22. The van der Waals surface area contributed by atoms with E-state index in [-0.39, 0.29) is 6.54 Å². The summed E-state index contributed by atoms with van der Waals surface area (Å²) in [6, 6.07) is 8.02. The number of aryl methyl sites for hydroxylation is 1. The van der Waals surface area contributed by atoms with Crippen LogP contribution in [-0.2, 0) is 17.9 Å². The predicted molar refractivity (Wildman–Crippen MR) is 80.1 cm³/mol. The number of benzene rings is 1. The minimum absolute atomic E-state index is 0.354. The number of nitrogen functional groups attached to an aromatic ring is 1. The summed E-state index contributed by atoms with van der Waals surface area (Å²) in [6.07, 6.45) is 1.41. The van der Waals surface area contributed by atoms with E-state index in [1.54, 1.807) is 31.2 Å². The van der Waals surface area contributed by atoms with Crippen LogP contribution < -0.4 is 22.3 Å². The molecular weight excluding hydrogens is 272 g/mol. The maximum Gasteiger partial charge on any atom is 0.331 e. The summed E-state index contributed by atoms with van der Waals surface area (Å²) in [5.41, 5.74) is 5.55. The second-order valence-electron chi connectivity index (χ2n) is 4.44. The SMILES string of the molecule is CCn1ccc(=O)n(CC(=O)Nc2ccccc2N)c1=O. The van der Waals surface area contributed by atoms with E-state index in [2.05, 4.69) is 5.32 Å². The molecule has 0 spiro atoms. The van der Waals surface area contributed by atoms with Crippen LogP contribution in [-0.4, -0.2) is 15.0 Å². The molecule has 0 saturated heterocycles. The van der Waals surface area contributed by atoms with Gasteiger partial charge in [0.05, 0.1) is 11.4 Å². The van der Waals surface area contributed by atoms with Crippen molar-refractivity contribution in [1.29, 1.82) is 0 Å². The lowest BCUT2D eigenvalue weighted by Gasteiger charge is -2.10. The van der Waals surface area contributed by atoms with Crippen LogP contribution in [0.4, 0.5) is 11.4 Å². The molecule has 0 fully saturated rings. The van der Waals surface area contributed by atoms with Crippen molar-refractivity contribution in [2.45, 2.75) is 20.0 Å². The molecule has 0 radical (unpaired) electrons. The largest absolute Gasteiger partial charge is 0.397 e. The molecule has 0 unspecified atom stereocenters. The van der Waals surface area contributed by atoms with E-state index in [9.17, 15) is 14.4 Å². The Morgan fingerprint density at radius 2 is 1.95 bits per heavy atom. The van der Waals surface area contributed by atoms with Crippen molar-refractivity contribution in [3.8, 4) is 0 Å². The van der Waals surface area contributed by atoms with E-state index < -0.39 is 17.2 Å². The highest BCUT2D eigenvalue weighted by Crippen LogP contribution is 2.16. The van der Waals surface area contributed by atoms with Crippen LogP contribution in [0, 0.1) is 0 Å². The standard InChI is InChI=1S/C14H16N4O3/c1-2-17-8-7-13(20)18(14(17)21)9-12(19)16-11-6-4-3-5-10(11)15/h3-8H,2,9,15H2,1H3,(H,16,19). The Bertz CT molecular complexity index is 776. The predicted octanol–water partition coefficient (Wildman–Crippen LogP) is 0.251. The minimum atomic E-state index is -0.513. The van der Waals surface area contributed by atoms with Gasteiger partial charge in [-0.05, 0) is 19.1 Å². The number of rotatable bonds is 4. The van der Waals surface area contributed by atoms with Crippen molar-refractivity contribution in [3.05, 3.63) is 57.4 Å². The first-order chi connectivity index (χ1) is 10.0. The van der Waals surface area contributed by atoms with Gasteiger partial charge in [0.2, 0.25) is 5.91 Å². The van der Waals surface area contributed by atoms with Crippen molar-refractivity contribution < 1.29 is 4.79 Å². The average Bonchev–Trinajstić information content (AvgIpc) is 2.46. The number of anilines is 2. The zero-order valence-electron chi connectivity index (χ0n) is 11.6. The van der Waals surface area contributed by atoms with Crippen LogP contribution in [0.5, 0.6) is 0 Å². The number of amides is 1.